The highest BCUT2D eigenvalue weighted by Gasteiger charge is 2.35. The number of amides is 1. The Labute approximate surface area is 158 Å². The van der Waals surface area contributed by atoms with E-state index in [1.165, 1.54) is 19.2 Å². The van der Waals surface area contributed by atoms with Crippen LogP contribution in [0.25, 0.3) is 0 Å². The fourth-order valence-corrected chi connectivity index (χ4v) is 3.38. The van der Waals surface area contributed by atoms with Gasteiger partial charge in [0.15, 0.2) is 0 Å². The van der Waals surface area contributed by atoms with E-state index in [4.69, 9.17) is 4.74 Å². The third-order valence-electron chi connectivity index (χ3n) is 4.72. The quantitative estimate of drug-likeness (QED) is 0.831. The van der Waals surface area contributed by atoms with E-state index in [0.717, 1.165) is 12.1 Å². The van der Waals surface area contributed by atoms with Crippen molar-refractivity contribution in [2.45, 2.75) is 18.9 Å². The molecule has 1 saturated heterocycles. The van der Waals surface area contributed by atoms with E-state index in [1.807, 2.05) is 20.2 Å². The number of nitrogens with zero attached hydrogens (tertiary/aromatic N) is 2. The number of halogens is 2. The van der Waals surface area contributed by atoms with Crippen LogP contribution in [-0.2, 0) is 11.8 Å². The lowest BCUT2D eigenvalue weighted by atomic mass is 9.90. The van der Waals surface area contributed by atoms with Crippen molar-refractivity contribution in [3.05, 3.63) is 47.5 Å². The summed E-state index contributed by atoms with van der Waals surface area (Å²) < 4.78 is 20.6. The van der Waals surface area contributed by atoms with Crippen molar-refractivity contribution in [2.24, 2.45) is 13.0 Å². The molecule has 1 aliphatic heterocycles. The summed E-state index contributed by atoms with van der Waals surface area (Å²) >= 11 is 0. The first kappa shape index (κ1) is 20.2. The van der Waals surface area contributed by atoms with Gasteiger partial charge in [-0.25, -0.2) is 4.39 Å². The molecular weight excluding hydrogens is 359 g/mol. The average Bonchev–Trinajstić information content (AvgIpc) is 3.23. The lowest BCUT2D eigenvalue weighted by Crippen LogP contribution is -2.36. The van der Waals surface area contributed by atoms with Crippen LogP contribution in [0.4, 0.5) is 4.39 Å². The summed E-state index contributed by atoms with van der Waals surface area (Å²) in [6.45, 7) is 3.18. The van der Waals surface area contributed by atoms with Crippen LogP contribution in [-0.4, -0.2) is 35.9 Å². The summed E-state index contributed by atoms with van der Waals surface area (Å²) in [6, 6.07) is 3.96. The minimum Gasteiger partial charge on any atom is -0.496 e. The molecule has 1 aromatic carbocycles. The molecule has 1 aromatic heterocycles. The lowest BCUT2D eigenvalue weighted by molar-refractivity contribution is -0.125. The highest BCUT2D eigenvalue weighted by atomic mass is 35.5. The highest BCUT2D eigenvalue weighted by Crippen LogP contribution is 2.30. The Kier molecular flexibility index (Phi) is 6.61. The number of carbonyl (C=O) groups excluding carboxylic acids is 1. The van der Waals surface area contributed by atoms with Gasteiger partial charge in [-0.3, -0.25) is 9.48 Å². The molecule has 0 bridgehead atoms. The third kappa shape index (κ3) is 4.16. The van der Waals surface area contributed by atoms with Crippen molar-refractivity contribution < 1.29 is 13.9 Å². The summed E-state index contributed by atoms with van der Waals surface area (Å²) in [5.74, 6) is 0.0365. The number of carbonyl (C=O) groups is 1. The zero-order chi connectivity index (χ0) is 18.0. The molecule has 2 heterocycles. The molecule has 1 amide bonds. The maximum absolute atomic E-state index is 13.6. The standard InChI is InChI=1S/C18H23FN4O2.ClH/c1-11(14-6-13(19)4-5-17(14)25-3)22-18(24)16-9-20-8-15(16)12-7-21-23(2)10-12;/h4-7,10-11,15-16,20H,8-9H2,1-3H3,(H,22,24);1H/t11?,15-,16+;/m1./s1. The molecule has 3 rings (SSSR count). The fraction of sp³-hybridized carbons (Fsp3) is 0.444. The largest absolute Gasteiger partial charge is 0.496 e. The molecule has 0 saturated carbocycles. The number of benzene rings is 1. The summed E-state index contributed by atoms with van der Waals surface area (Å²) in [6.07, 6.45) is 3.74. The van der Waals surface area contributed by atoms with Crippen molar-refractivity contribution in [2.75, 3.05) is 20.2 Å². The molecule has 3 atom stereocenters. The van der Waals surface area contributed by atoms with E-state index in [9.17, 15) is 9.18 Å². The van der Waals surface area contributed by atoms with E-state index in [1.54, 1.807) is 16.9 Å². The van der Waals surface area contributed by atoms with Gasteiger partial charge in [-0.1, -0.05) is 0 Å². The van der Waals surface area contributed by atoms with Crippen LogP contribution in [0.15, 0.2) is 30.6 Å². The number of methoxy groups -OCH3 is 1. The van der Waals surface area contributed by atoms with Gasteiger partial charge in [0.05, 0.1) is 25.3 Å². The van der Waals surface area contributed by atoms with Gasteiger partial charge in [-0.15, -0.1) is 12.4 Å². The van der Waals surface area contributed by atoms with Gasteiger partial charge in [0, 0.05) is 37.8 Å². The monoisotopic (exact) mass is 382 g/mol. The Morgan fingerprint density at radius 3 is 2.88 bits per heavy atom. The van der Waals surface area contributed by atoms with Gasteiger partial charge in [0.2, 0.25) is 5.91 Å². The number of aromatic nitrogens is 2. The van der Waals surface area contributed by atoms with Gasteiger partial charge in [-0.2, -0.15) is 5.10 Å². The molecule has 26 heavy (non-hydrogen) atoms. The second-order valence-electron chi connectivity index (χ2n) is 6.44. The normalized spacial score (nSPS) is 20.3. The molecule has 142 valence electrons. The van der Waals surface area contributed by atoms with Crippen LogP contribution in [0.2, 0.25) is 0 Å². The second kappa shape index (κ2) is 8.51. The molecule has 1 unspecified atom stereocenters. The number of ether oxygens (including phenoxy) is 1. The summed E-state index contributed by atoms with van der Waals surface area (Å²) in [7, 11) is 3.39. The smallest absolute Gasteiger partial charge is 0.225 e. The molecule has 0 radical (unpaired) electrons. The van der Waals surface area contributed by atoms with Gasteiger partial charge < -0.3 is 15.4 Å². The van der Waals surface area contributed by atoms with Gasteiger partial charge in [0.1, 0.15) is 11.6 Å². The zero-order valence-electron chi connectivity index (χ0n) is 15.0. The first-order chi connectivity index (χ1) is 12.0. The Balaban J connectivity index is 0.00000243. The first-order valence-corrected chi connectivity index (χ1v) is 8.32. The Bertz CT molecular complexity index is 767. The van der Waals surface area contributed by atoms with Crippen molar-refractivity contribution in [3.8, 4) is 5.75 Å². The molecule has 8 heteroatoms. The number of hydrogen-bond acceptors (Lipinski definition) is 4. The molecule has 0 aliphatic carbocycles. The number of rotatable bonds is 5. The van der Waals surface area contributed by atoms with Crippen molar-refractivity contribution in [1.82, 2.24) is 20.4 Å². The lowest BCUT2D eigenvalue weighted by Gasteiger charge is -2.22. The summed E-state index contributed by atoms with van der Waals surface area (Å²) in [5, 5.41) is 10.5. The van der Waals surface area contributed by atoms with Crippen LogP contribution >= 0.6 is 12.4 Å². The molecule has 1 aliphatic rings. The maximum Gasteiger partial charge on any atom is 0.225 e. The minimum absolute atomic E-state index is 0. The van der Waals surface area contributed by atoms with Crippen molar-refractivity contribution in [3.63, 3.8) is 0 Å². The first-order valence-electron chi connectivity index (χ1n) is 8.32. The number of nitrogens with one attached hydrogen (secondary N) is 2. The summed E-state index contributed by atoms with van der Waals surface area (Å²) in [5.41, 5.74) is 1.67. The van der Waals surface area contributed by atoms with E-state index >= 15 is 0 Å². The van der Waals surface area contributed by atoms with Crippen LogP contribution in [0, 0.1) is 11.7 Å². The topological polar surface area (TPSA) is 68.2 Å². The van der Waals surface area contributed by atoms with Crippen LogP contribution < -0.4 is 15.4 Å². The SMILES string of the molecule is COc1ccc(F)cc1C(C)NC(=O)[C@H]1CNC[C@@H]1c1cnn(C)c1.Cl. The molecule has 2 aromatic rings. The van der Waals surface area contributed by atoms with Crippen LogP contribution in [0.5, 0.6) is 5.75 Å². The number of hydrogen-bond donors (Lipinski definition) is 2. The van der Waals surface area contributed by atoms with Crippen LogP contribution in [0.1, 0.15) is 30.0 Å². The van der Waals surface area contributed by atoms with E-state index in [0.29, 0.717) is 17.9 Å². The average molecular weight is 383 g/mol. The minimum atomic E-state index is -0.354. The van der Waals surface area contributed by atoms with E-state index < -0.39 is 0 Å². The predicted octanol–water partition coefficient (Wildman–Crippen LogP) is 2.17. The molecule has 2 N–H and O–H groups in total. The number of aryl methyl sites for hydroxylation is 1. The van der Waals surface area contributed by atoms with E-state index in [-0.39, 0.29) is 42.0 Å². The second-order valence-corrected chi connectivity index (χ2v) is 6.44. The molecule has 0 spiro atoms. The fourth-order valence-electron chi connectivity index (χ4n) is 3.38. The summed E-state index contributed by atoms with van der Waals surface area (Å²) in [4.78, 5) is 12.8. The Hall–Kier alpha value is -2.12. The zero-order valence-corrected chi connectivity index (χ0v) is 15.8. The third-order valence-corrected chi connectivity index (χ3v) is 4.72. The van der Waals surface area contributed by atoms with Crippen LogP contribution in [0.3, 0.4) is 0 Å². The molecule has 1 fully saturated rings. The van der Waals surface area contributed by atoms with Crippen molar-refractivity contribution in [1.29, 1.82) is 0 Å². The highest BCUT2D eigenvalue weighted by molar-refractivity contribution is 5.85. The maximum atomic E-state index is 13.6. The molecule has 6 nitrogen and oxygen atoms in total. The Morgan fingerprint density at radius 1 is 1.46 bits per heavy atom. The predicted molar refractivity (Wildman–Crippen MR) is 99.1 cm³/mol. The Morgan fingerprint density at radius 2 is 2.23 bits per heavy atom. The van der Waals surface area contributed by atoms with Gasteiger partial charge in [-0.05, 0) is 30.7 Å². The molecular formula is C18H24ClFN4O2. The van der Waals surface area contributed by atoms with Gasteiger partial charge >= 0.3 is 0 Å². The van der Waals surface area contributed by atoms with Crippen molar-refractivity contribution >= 4 is 18.3 Å². The van der Waals surface area contributed by atoms with E-state index in [2.05, 4.69) is 15.7 Å². The van der Waals surface area contributed by atoms with Gasteiger partial charge in [0.25, 0.3) is 0 Å².